The lowest BCUT2D eigenvalue weighted by Crippen LogP contribution is -2.37. The van der Waals surface area contributed by atoms with Crippen LogP contribution in [0, 0.1) is 6.92 Å². The van der Waals surface area contributed by atoms with Gasteiger partial charge in [-0.3, -0.25) is 4.79 Å². The van der Waals surface area contributed by atoms with E-state index in [1.807, 2.05) is 30.4 Å². The molecular weight excluding hydrogens is 299 g/mol. The van der Waals surface area contributed by atoms with Gasteiger partial charge in [-0.1, -0.05) is 22.0 Å². The van der Waals surface area contributed by atoms with Gasteiger partial charge in [0.1, 0.15) is 0 Å². The number of amides is 1. The van der Waals surface area contributed by atoms with Gasteiger partial charge in [0.05, 0.1) is 0 Å². The Hall–Kier alpha value is -1.04. The van der Waals surface area contributed by atoms with E-state index in [9.17, 15) is 18.0 Å². The van der Waals surface area contributed by atoms with E-state index in [1.165, 1.54) is 0 Å². The van der Waals surface area contributed by atoms with E-state index in [0.717, 1.165) is 15.6 Å². The molecule has 1 aromatic rings. The molecule has 2 nitrogen and oxygen atoms in total. The molecule has 6 heteroatoms. The van der Waals surface area contributed by atoms with Crippen LogP contribution in [0.1, 0.15) is 11.1 Å². The predicted octanol–water partition coefficient (Wildman–Crippen LogP) is 2.98. The first kappa shape index (κ1) is 14.0. The second-order valence-corrected chi connectivity index (χ2v) is 4.49. The normalized spacial score (nSPS) is 11.4. The molecule has 0 bridgehead atoms. The highest BCUT2D eigenvalue weighted by Crippen LogP contribution is 2.17. The lowest BCUT2D eigenvalue weighted by molar-refractivity contribution is -0.173. The Morgan fingerprint density at radius 2 is 2.06 bits per heavy atom. The van der Waals surface area contributed by atoms with Crippen LogP contribution < -0.4 is 5.32 Å². The summed E-state index contributed by atoms with van der Waals surface area (Å²) in [5.74, 6) is -1.90. The number of alkyl halides is 3. The smallest absolute Gasteiger partial charge is 0.348 e. The molecule has 0 fully saturated rings. The molecule has 0 saturated carbocycles. The fourth-order valence-electron chi connectivity index (χ4n) is 1.35. The summed E-state index contributed by atoms with van der Waals surface area (Å²) in [6.45, 7) is 1.84. The summed E-state index contributed by atoms with van der Waals surface area (Å²) in [6, 6.07) is 5.51. The molecule has 0 unspecified atom stereocenters. The van der Waals surface area contributed by atoms with Gasteiger partial charge in [-0.15, -0.1) is 0 Å². The quantitative estimate of drug-likeness (QED) is 0.914. The molecule has 0 saturated heterocycles. The topological polar surface area (TPSA) is 29.1 Å². The van der Waals surface area contributed by atoms with Gasteiger partial charge in [0.15, 0.2) is 0 Å². The molecule has 0 aromatic heterocycles. The Balaban J connectivity index is 2.49. The molecular formula is C11H11BrF3NO. The van der Waals surface area contributed by atoms with Crippen molar-refractivity contribution in [2.24, 2.45) is 0 Å². The van der Waals surface area contributed by atoms with Crippen molar-refractivity contribution < 1.29 is 18.0 Å². The molecule has 1 N–H and O–H groups in total. The van der Waals surface area contributed by atoms with Crippen molar-refractivity contribution in [3.05, 3.63) is 33.8 Å². The van der Waals surface area contributed by atoms with Gasteiger partial charge >= 0.3 is 12.1 Å². The minimum atomic E-state index is -4.81. The van der Waals surface area contributed by atoms with Crippen LogP contribution in [0.4, 0.5) is 13.2 Å². The summed E-state index contributed by atoms with van der Waals surface area (Å²) >= 11 is 3.30. The molecule has 1 amide bonds. The van der Waals surface area contributed by atoms with Crippen molar-refractivity contribution in [3.63, 3.8) is 0 Å². The van der Waals surface area contributed by atoms with E-state index in [0.29, 0.717) is 6.42 Å². The maximum Gasteiger partial charge on any atom is 0.471 e. The average Bonchev–Trinajstić information content (AvgIpc) is 2.19. The first-order chi connectivity index (χ1) is 7.80. The van der Waals surface area contributed by atoms with Gasteiger partial charge in [0, 0.05) is 11.0 Å². The maximum absolute atomic E-state index is 11.9. The van der Waals surface area contributed by atoms with E-state index < -0.39 is 12.1 Å². The number of rotatable bonds is 3. The van der Waals surface area contributed by atoms with E-state index in [4.69, 9.17) is 0 Å². The minimum Gasteiger partial charge on any atom is -0.348 e. The highest BCUT2D eigenvalue weighted by molar-refractivity contribution is 9.10. The molecule has 0 aliphatic rings. The number of hydrogen-bond acceptors (Lipinski definition) is 1. The summed E-state index contributed by atoms with van der Waals surface area (Å²) in [4.78, 5) is 10.6. The largest absolute Gasteiger partial charge is 0.471 e. The summed E-state index contributed by atoms with van der Waals surface area (Å²) in [6.07, 6.45) is -4.43. The number of aryl methyl sites for hydroxylation is 1. The van der Waals surface area contributed by atoms with Crippen LogP contribution in [-0.2, 0) is 11.2 Å². The zero-order valence-electron chi connectivity index (χ0n) is 9.07. The Morgan fingerprint density at radius 3 is 2.59 bits per heavy atom. The summed E-state index contributed by atoms with van der Waals surface area (Å²) in [7, 11) is 0. The van der Waals surface area contributed by atoms with E-state index in [1.54, 1.807) is 0 Å². The predicted molar refractivity (Wildman–Crippen MR) is 61.6 cm³/mol. The van der Waals surface area contributed by atoms with Crippen molar-refractivity contribution in [2.45, 2.75) is 19.5 Å². The summed E-state index contributed by atoms with van der Waals surface area (Å²) in [5, 5.41) is 1.84. The van der Waals surface area contributed by atoms with Crippen LogP contribution in [-0.4, -0.2) is 18.6 Å². The number of nitrogens with one attached hydrogen (secondary N) is 1. The van der Waals surface area contributed by atoms with Crippen molar-refractivity contribution in [3.8, 4) is 0 Å². The van der Waals surface area contributed by atoms with Crippen LogP contribution in [0.25, 0.3) is 0 Å². The zero-order valence-corrected chi connectivity index (χ0v) is 10.7. The Morgan fingerprint density at radius 1 is 1.41 bits per heavy atom. The van der Waals surface area contributed by atoms with Gasteiger partial charge in [0.2, 0.25) is 0 Å². The average molecular weight is 310 g/mol. The number of benzene rings is 1. The third kappa shape index (κ3) is 4.38. The van der Waals surface area contributed by atoms with Crippen LogP contribution in [0.15, 0.2) is 22.7 Å². The second kappa shape index (κ2) is 5.53. The number of carbonyl (C=O) groups is 1. The van der Waals surface area contributed by atoms with Crippen molar-refractivity contribution in [1.82, 2.24) is 5.32 Å². The number of halogens is 4. The maximum atomic E-state index is 11.9. The lowest BCUT2D eigenvalue weighted by atomic mass is 10.1. The Labute approximate surface area is 105 Å². The third-order valence-electron chi connectivity index (χ3n) is 2.24. The van der Waals surface area contributed by atoms with Gasteiger partial charge < -0.3 is 5.32 Å². The van der Waals surface area contributed by atoms with Crippen molar-refractivity contribution in [2.75, 3.05) is 6.54 Å². The van der Waals surface area contributed by atoms with Crippen molar-refractivity contribution in [1.29, 1.82) is 0 Å². The monoisotopic (exact) mass is 309 g/mol. The van der Waals surface area contributed by atoms with Crippen molar-refractivity contribution >= 4 is 21.8 Å². The van der Waals surface area contributed by atoms with Gasteiger partial charge in [-0.2, -0.15) is 13.2 Å². The second-order valence-electron chi connectivity index (χ2n) is 3.57. The highest BCUT2D eigenvalue weighted by Gasteiger charge is 2.38. The Kier molecular flexibility index (Phi) is 4.56. The fraction of sp³-hybridized carbons (Fsp3) is 0.364. The minimum absolute atomic E-state index is 0.0270. The standard InChI is InChI=1S/C11H11BrF3NO/c1-7-6-9(12)3-2-8(7)4-5-16-10(17)11(13,14)15/h2-3,6H,4-5H2,1H3,(H,16,17). The molecule has 0 aliphatic heterocycles. The van der Waals surface area contributed by atoms with E-state index in [2.05, 4.69) is 15.9 Å². The van der Waals surface area contributed by atoms with Crippen LogP contribution >= 0.6 is 15.9 Å². The zero-order chi connectivity index (χ0) is 13.1. The molecule has 0 heterocycles. The molecule has 0 radical (unpaired) electrons. The molecule has 0 aliphatic carbocycles. The number of hydrogen-bond donors (Lipinski definition) is 1. The summed E-state index contributed by atoms with van der Waals surface area (Å²) < 4.78 is 36.6. The third-order valence-corrected chi connectivity index (χ3v) is 2.74. The van der Waals surface area contributed by atoms with Crippen LogP contribution in [0.2, 0.25) is 0 Å². The molecule has 0 atom stereocenters. The molecule has 0 spiro atoms. The van der Waals surface area contributed by atoms with Gasteiger partial charge in [-0.25, -0.2) is 0 Å². The fourth-order valence-corrected chi connectivity index (χ4v) is 1.83. The molecule has 94 valence electrons. The van der Waals surface area contributed by atoms with Gasteiger partial charge in [0.25, 0.3) is 0 Å². The van der Waals surface area contributed by atoms with Crippen LogP contribution in [0.3, 0.4) is 0 Å². The lowest BCUT2D eigenvalue weighted by Gasteiger charge is -2.09. The molecule has 1 aromatic carbocycles. The Bertz CT molecular complexity index is 418. The SMILES string of the molecule is Cc1cc(Br)ccc1CCNC(=O)C(F)(F)F. The van der Waals surface area contributed by atoms with Gasteiger partial charge in [-0.05, 0) is 36.6 Å². The van der Waals surface area contributed by atoms with E-state index >= 15 is 0 Å². The number of carbonyl (C=O) groups excluding carboxylic acids is 1. The van der Waals surface area contributed by atoms with Crippen LogP contribution in [0.5, 0.6) is 0 Å². The first-order valence-electron chi connectivity index (χ1n) is 4.91. The molecule has 17 heavy (non-hydrogen) atoms. The summed E-state index contributed by atoms with van der Waals surface area (Å²) in [5.41, 5.74) is 1.89. The van der Waals surface area contributed by atoms with E-state index in [-0.39, 0.29) is 6.54 Å². The molecule has 1 rings (SSSR count). The highest BCUT2D eigenvalue weighted by atomic mass is 79.9. The first-order valence-corrected chi connectivity index (χ1v) is 5.70.